The monoisotopic (exact) mass is 490 g/mol. The molecule has 0 atom stereocenters. The van der Waals surface area contributed by atoms with Crippen LogP contribution in [0.5, 0.6) is 5.75 Å². The van der Waals surface area contributed by atoms with Gasteiger partial charge in [0.05, 0.1) is 13.2 Å². The quantitative estimate of drug-likeness (QED) is 0.386. The van der Waals surface area contributed by atoms with E-state index in [4.69, 9.17) is 9.73 Å². The van der Waals surface area contributed by atoms with Gasteiger partial charge in [-0.3, -0.25) is 0 Å². The highest BCUT2D eigenvalue weighted by Gasteiger charge is 2.23. The Hall–Kier alpha value is -1.71. The van der Waals surface area contributed by atoms with Crippen LogP contribution < -0.4 is 5.32 Å². The third-order valence-electron chi connectivity index (χ3n) is 4.40. The molecule has 0 aromatic heterocycles. The number of hydrogen-bond donors (Lipinski definition) is 2. The van der Waals surface area contributed by atoms with Crippen LogP contribution >= 0.6 is 24.0 Å². The number of aromatic hydroxyl groups is 1. The Morgan fingerprint density at radius 1 is 1.15 bits per heavy atom. The molecular formula is C19H31IN4O3. The number of hydrogen-bond acceptors (Lipinski definition) is 4. The normalized spacial score (nSPS) is 14.6. The van der Waals surface area contributed by atoms with E-state index in [0.717, 1.165) is 42.3 Å². The number of nitrogens with one attached hydrogen (secondary N) is 1. The maximum atomic E-state index is 11.8. The summed E-state index contributed by atoms with van der Waals surface area (Å²) in [6, 6.07) is 3.93. The fraction of sp³-hybridized carbons (Fsp3) is 0.579. The van der Waals surface area contributed by atoms with Crippen molar-refractivity contribution in [3.8, 4) is 5.75 Å². The third kappa shape index (κ3) is 6.44. The molecule has 1 aliphatic heterocycles. The molecule has 152 valence electrons. The van der Waals surface area contributed by atoms with Gasteiger partial charge in [0.25, 0.3) is 0 Å². The Balaban J connectivity index is 0.00000364. The highest BCUT2D eigenvalue weighted by atomic mass is 127. The summed E-state index contributed by atoms with van der Waals surface area (Å²) in [5, 5.41) is 13.2. The van der Waals surface area contributed by atoms with Crippen LogP contribution in [-0.4, -0.2) is 66.3 Å². The second-order valence-electron chi connectivity index (χ2n) is 6.42. The number of nitrogens with zero attached hydrogens (tertiary/aromatic N) is 3. The summed E-state index contributed by atoms with van der Waals surface area (Å²) in [5.74, 6) is 1.19. The SMILES string of the molecule is CCNC(=NCc1cc(C)c(O)c(C)c1)N1CCN(C(=O)OCC)CC1.I. The molecule has 1 aliphatic rings. The van der Waals surface area contributed by atoms with E-state index in [0.29, 0.717) is 32.0 Å². The van der Waals surface area contributed by atoms with Crippen molar-refractivity contribution >= 4 is 36.0 Å². The van der Waals surface area contributed by atoms with Crippen LogP contribution in [0.4, 0.5) is 4.79 Å². The van der Waals surface area contributed by atoms with Crippen LogP contribution in [0, 0.1) is 13.8 Å². The number of piperazine rings is 1. The molecule has 0 aliphatic carbocycles. The van der Waals surface area contributed by atoms with Gasteiger partial charge in [0, 0.05) is 32.7 Å². The van der Waals surface area contributed by atoms with Gasteiger partial charge < -0.3 is 25.0 Å². The van der Waals surface area contributed by atoms with Crippen molar-refractivity contribution in [1.82, 2.24) is 15.1 Å². The summed E-state index contributed by atoms with van der Waals surface area (Å²) in [6.45, 7) is 12.1. The molecule has 7 nitrogen and oxygen atoms in total. The number of phenols is 1. The second kappa shape index (κ2) is 11.2. The van der Waals surface area contributed by atoms with E-state index in [1.165, 1.54) is 0 Å². The van der Waals surface area contributed by atoms with Gasteiger partial charge in [-0.1, -0.05) is 12.1 Å². The maximum absolute atomic E-state index is 11.8. The number of aliphatic imine (C=N–C) groups is 1. The number of halogens is 1. The molecular weight excluding hydrogens is 459 g/mol. The number of amides is 1. The molecule has 8 heteroatoms. The molecule has 0 bridgehead atoms. The number of rotatable bonds is 4. The van der Waals surface area contributed by atoms with Gasteiger partial charge in [-0.15, -0.1) is 24.0 Å². The number of ether oxygens (including phenoxy) is 1. The smallest absolute Gasteiger partial charge is 0.409 e. The Labute approximate surface area is 178 Å². The van der Waals surface area contributed by atoms with Crippen LogP contribution in [0.1, 0.15) is 30.5 Å². The largest absolute Gasteiger partial charge is 0.507 e. The first-order chi connectivity index (χ1) is 12.5. The average Bonchev–Trinajstić information content (AvgIpc) is 2.63. The fourth-order valence-corrected chi connectivity index (χ4v) is 3.04. The fourth-order valence-electron chi connectivity index (χ4n) is 3.04. The average molecular weight is 490 g/mol. The minimum absolute atomic E-state index is 0. The van der Waals surface area contributed by atoms with Gasteiger partial charge in [0.2, 0.25) is 0 Å². The molecule has 1 aromatic rings. The first-order valence-corrected chi connectivity index (χ1v) is 9.20. The summed E-state index contributed by atoms with van der Waals surface area (Å²) >= 11 is 0. The Kier molecular flexibility index (Phi) is 9.68. The molecule has 2 N–H and O–H groups in total. The van der Waals surface area contributed by atoms with E-state index < -0.39 is 0 Å². The first kappa shape index (κ1) is 23.3. The van der Waals surface area contributed by atoms with Gasteiger partial charge in [0.1, 0.15) is 5.75 Å². The standard InChI is InChI=1S/C19H30N4O3.HI/c1-5-20-18(21-13-16-11-14(3)17(24)15(4)12-16)22-7-9-23(10-8-22)19(25)26-6-2;/h11-12,24H,5-10,13H2,1-4H3,(H,20,21);1H. The van der Waals surface area contributed by atoms with Crippen molar-refractivity contribution in [3.05, 3.63) is 28.8 Å². The molecule has 1 fully saturated rings. The molecule has 0 radical (unpaired) electrons. The number of phenolic OH excluding ortho intramolecular Hbond substituents is 1. The zero-order chi connectivity index (χ0) is 19.1. The van der Waals surface area contributed by atoms with Crippen LogP contribution in [-0.2, 0) is 11.3 Å². The summed E-state index contributed by atoms with van der Waals surface area (Å²) in [7, 11) is 0. The molecule has 0 spiro atoms. The van der Waals surface area contributed by atoms with Crippen molar-refractivity contribution in [2.24, 2.45) is 4.99 Å². The predicted octanol–water partition coefficient (Wildman–Crippen LogP) is 2.87. The van der Waals surface area contributed by atoms with Crippen LogP contribution in [0.3, 0.4) is 0 Å². The summed E-state index contributed by atoms with van der Waals surface area (Å²) in [6.07, 6.45) is -0.246. The summed E-state index contributed by atoms with van der Waals surface area (Å²) in [5.41, 5.74) is 2.80. The highest BCUT2D eigenvalue weighted by molar-refractivity contribution is 14.0. The number of guanidine groups is 1. The van der Waals surface area contributed by atoms with Crippen LogP contribution in [0.15, 0.2) is 17.1 Å². The van der Waals surface area contributed by atoms with Crippen LogP contribution in [0.2, 0.25) is 0 Å². The number of carbonyl (C=O) groups excluding carboxylic acids is 1. The van der Waals surface area contributed by atoms with Gasteiger partial charge in [-0.25, -0.2) is 9.79 Å². The molecule has 1 aromatic carbocycles. The number of carbonyl (C=O) groups is 1. The zero-order valence-corrected chi connectivity index (χ0v) is 18.9. The van der Waals surface area contributed by atoms with E-state index in [-0.39, 0.29) is 30.1 Å². The highest BCUT2D eigenvalue weighted by Crippen LogP contribution is 2.23. The van der Waals surface area contributed by atoms with Gasteiger partial charge >= 0.3 is 6.09 Å². The lowest BCUT2D eigenvalue weighted by molar-refractivity contribution is 0.0914. The molecule has 1 saturated heterocycles. The van der Waals surface area contributed by atoms with E-state index in [2.05, 4.69) is 10.2 Å². The van der Waals surface area contributed by atoms with Gasteiger partial charge in [-0.05, 0) is 44.4 Å². The molecule has 0 saturated carbocycles. The Bertz CT molecular complexity index is 635. The Morgan fingerprint density at radius 3 is 2.22 bits per heavy atom. The molecule has 1 heterocycles. The summed E-state index contributed by atoms with van der Waals surface area (Å²) in [4.78, 5) is 20.5. The van der Waals surface area contributed by atoms with Crippen molar-refractivity contribution in [2.45, 2.75) is 34.2 Å². The molecule has 0 unspecified atom stereocenters. The van der Waals surface area contributed by atoms with Crippen molar-refractivity contribution in [1.29, 1.82) is 0 Å². The zero-order valence-electron chi connectivity index (χ0n) is 16.6. The molecule has 27 heavy (non-hydrogen) atoms. The minimum Gasteiger partial charge on any atom is -0.507 e. The molecule has 2 rings (SSSR count). The van der Waals surface area contributed by atoms with Crippen molar-refractivity contribution in [3.63, 3.8) is 0 Å². The van der Waals surface area contributed by atoms with Crippen molar-refractivity contribution in [2.75, 3.05) is 39.3 Å². The lowest BCUT2D eigenvalue weighted by Crippen LogP contribution is -2.53. The van der Waals surface area contributed by atoms with Crippen molar-refractivity contribution < 1.29 is 14.6 Å². The first-order valence-electron chi connectivity index (χ1n) is 9.20. The summed E-state index contributed by atoms with van der Waals surface area (Å²) < 4.78 is 5.06. The number of benzene rings is 1. The third-order valence-corrected chi connectivity index (χ3v) is 4.40. The van der Waals surface area contributed by atoms with Gasteiger partial charge in [0.15, 0.2) is 5.96 Å². The lowest BCUT2D eigenvalue weighted by Gasteiger charge is -2.35. The Morgan fingerprint density at radius 2 is 1.70 bits per heavy atom. The number of aryl methyl sites for hydroxylation is 2. The molecule has 1 amide bonds. The van der Waals surface area contributed by atoms with Gasteiger partial charge in [-0.2, -0.15) is 0 Å². The van der Waals surface area contributed by atoms with E-state index >= 15 is 0 Å². The van der Waals surface area contributed by atoms with E-state index in [1.807, 2.05) is 39.8 Å². The topological polar surface area (TPSA) is 77.4 Å². The van der Waals surface area contributed by atoms with E-state index in [1.54, 1.807) is 4.90 Å². The van der Waals surface area contributed by atoms with Crippen LogP contribution in [0.25, 0.3) is 0 Å². The maximum Gasteiger partial charge on any atom is 0.409 e. The van der Waals surface area contributed by atoms with E-state index in [9.17, 15) is 9.90 Å². The minimum atomic E-state index is -0.246. The lowest BCUT2D eigenvalue weighted by atomic mass is 10.1. The second-order valence-corrected chi connectivity index (χ2v) is 6.42. The predicted molar refractivity (Wildman–Crippen MR) is 118 cm³/mol.